The molecule has 0 saturated heterocycles. The van der Waals surface area contributed by atoms with E-state index in [4.69, 9.17) is 4.74 Å². The van der Waals surface area contributed by atoms with Crippen molar-refractivity contribution in [2.24, 2.45) is 5.92 Å². The molecule has 112 valence electrons. The van der Waals surface area contributed by atoms with Crippen LogP contribution in [0.1, 0.15) is 45.1 Å². The van der Waals surface area contributed by atoms with Gasteiger partial charge in [-0.15, -0.1) is 0 Å². The molecule has 1 aliphatic carbocycles. The molecule has 4 heteroatoms. The van der Waals surface area contributed by atoms with Gasteiger partial charge in [-0.3, -0.25) is 0 Å². The van der Waals surface area contributed by atoms with Gasteiger partial charge in [0.15, 0.2) is 9.84 Å². The van der Waals surface area contributed by atoms with Crippen molar-refractivity contribution in [2.45, 2.75) is 44.3 Å². The summed E-state index contributed by atoms with van der Waals surface area (Å²) in [4.78, 5) is 0. The number of hydrogen-bond acceptors (Lipinski definition) is 3. The molecule has 1 fully saturated rings. The molecule has 0 spiro atoms. The van der Waals surface area contributed by atoms with Gasteiger partial charge in [-0.1, -0.05) is 26.0 Å². The Hall–Kier alpha value is -1.03. The second-order valence-corrected chi connectivity index (χ2v) is 8.50. The van der Waals surface area contributed by atoms with Gasteiger partial charge in [-0.05, 0) is 49.3 Å². The molecule has 1 aromatic rings. The number of benzene rings is 1. The number of rotatable bonds is 6. The molecule has 0 bridgehead atoms. The Kier molecular flexibility index (Phi) is 4.43. The van der Waals surface area contributed by atoms with Gasteiger partial charge in [-0.2, -0.15) is 0 Å². The van der Waals surface area contributed by atoms with Crippen LogP contribution in [0.4, 0.5) is 0 Å². The average Bonchev–Trinajstić information content (AvgIpc) is 2.27. The summed E-state index contributed by atoms with van der Waals surface area (Å²) in [6.07, 6.45) is 4.83. The Bertz CT molecular complexity index is 540. The van der Waals surface area contributed by atoms with Crippen LogP contribution in [0.3, 0.4) is 0 Å². The Morgan fingerprint density at radius 1 is 1.20 bits per heavy atom. The summed E-state index contributed by atoms with van der Waals surface area (Å²) in [7, 11) is -3.06. The molecular formula is C16H24O3S. The first kappa shape index (κ1) is 15.4. The van der Waals surface area contributed by atoms with Crippen molar-refractivity contribution in [1.29, 1.82) is 0 Å². The molecule has 0 radical (unpaired) electrons. The Morgan fingerprint density at radius 2 is 1.80 bits per heavy atom. The van der Waals surface area contributed by atoms with Crippen molar-refractivity contribution in [2.75, 3.05) is 12.9 Å². The Morgan fingerprint density at radius 3 is 2.20 bits per heavy atom. The number of ether oxygens (including phenoxy) is 1. The molecule has 0 atom stereocenters. The van der Waals surface area contributed by atoms with Gasteiger partial charge in [0.1, 0.15) is 5.75 Å². The van der Waals surface area contributed by atoms with E-state index in [0.29, 0.717) is 12.5 Å². The minimum absolute atomic E-state index is 0.623. The highest BCUT2D eigenvalue weighted by molar-refractivity contribution is 7.91. The largest absolute Gasteiger partial charge is 0.494 e. The lowest BCUT2D eigenvalue weighted by Crippen LogP contribution is -2.41. The fraction of sp³-hybridized carbons (Fsp3) is 0.625. The molecule has 2 rings (SSSR count). The zero-order valence-corrected chi connectivity index (χ0v) is 13.4. The zero-order valence-electron chi connectivity index (χ0n) is 12.6. The average molecular weight is 296 g/mol. The van der Waals surface area contributed by atoms with Crippen LogP contribution in [0.2, 0.25) is 0 Å². The fourth-order valence-electron chi connectivity index (χ4n) is 2.64. The molecule has 1 saturated carbocycles. The Balaban J connectivity index is 2.08. The van der Waals surface area contributed by atoms with Crippen LogP contribution < -0.4 is 4.74 Å². The molecule has 0 heterocycles. The fourth-order valence-corrected chi connectivity index (χ4v) is 4.23. The van der Waals surface area contributed by atoms with Gasteiger partial charge >= 0.3 is 0 Å². The molecule has 3 nitrogen and oxygen atoms in total. The third-order valence-corrected chi connectivity index (χ3v) is 6.28. The first-order valence-electron chi connectivity index (χ1n) is 7.28. The van der Waals surface area contributed by atoms with Crippen LogP contribution in [0.15, 0.2) is 24.3 Å². The minimum atomic E-state index is -3.06. The maximum absolute atomic E-state index is 12.0. The molecule has 0 aliphatic heterocycles. The Labute approximate surface area is 122 Å². The lowest BCUT2D eigenvalue weighted by molar-refractivity contribution is 0.289. The van der Waals surface area contributed by atoms with E-state index in [1.807, 2.05) is 24.3 Å². The number of hydrogen-bond donors (Lipinski definition) is 0. The van der Waals surface area contributed by atoms with Gasteiger partial charge in [0.2, 0.25) is 0 Å². The van der Waals surface area contributed by atoms with Gasteiger partial charge in [0, 0.05) is 6.26 Å². The van der Waals surface area contributed by atoms with Crippen molar-refractivity contribution in [3.8, 4) is 5.75 Å². The van der Waals surface area contributed by atoms with Crippen LogP contribution in [0.5, 0.6) is 5.75 Å². The van der Waals surface area contributed by atoms with Crippen LogP contribution in [-0.4, -0.2) is 21.3 Å². The third-order valence-electron chi connectivity index (χ3n) is 4.22. The molecule has 0 amide bonds. The maximum atomic E-state index is 12.0. The predicted molar refractivity (Wildman–Crippen MR) is 81.8 cm³/mol. The molecule has 0 aromatic heterocycles. The van der Waals surface area contributed by atoms with E-state index in [1.165, 1.54) is 6.26 Å². The SMILES string of the molecule is CC(C)CCOc1ccc(C2(S(C)(=O)=O)CCC2)cc1. The van der Waals surface area contributed by atoms with Gasteiger partial charge in [0.05, 0.1) is 11.4 Å². The van der Waals surface area contributed by atoms with Crippen LogP contribution in [-0.2, 0) is 14.6 Å². The minimum Gasteiger partial charge on any atom is -0.494 e. The van der Waals surface area contributed by atoms with E-state index in [9.17, 15) is 8.42 Å². The first-order chi connectivity index (χ1) is 9.35. The van der Waals surface area contributed by atoms with Gasteiger partial charge < -0.3 is 4.74 Å². The lowest BCUT2D eigenvalue weighted by Gasteiger charge is -2.40. The van der Waals surface area contributed by atoms with Crippen LogP contribution >= 0.6 is 0 Å². The molecule has 20 heavy (non-hydrogen) atoms. The second-order valence-electron chi connectivity index (χ2n) is 6.18. The topological polar surface area (TPSA) is 43.4 Å². The summed E-state index contributed by atoms with van der Waals surface area (Å²) >= 11 is 0. The standard InChI is InChI=1S/C16H24O3S/c1-13(2)9-12-19-15-7-5-14(6-8-15)16(10-4-11-16)20(3,17)18/h5-8,13H,4,9-12H2,1-3H3. The highest BCUT2D eigenvalue weighted by Gasteiger charge is 2.47. The zero-order chi connectivity index (χ0) is 14.8. The highest BCUT2D eigenvalue weighted by Crippen LogP contribution is 2.47. The van der Waals surface area contributed by atoms with Crippen molar-refractivity contribution in [1.82, 2.24) is 0 Å². The van der Waals surface area contributed by atoms with E-state index < -0.39 is 14.6 Å². The van der Waals surface area contributed by atoms with Crippen molar-refractivity contribution in [3.63, 3.8) is 0 Å². The van der Waals surface area contributed by atoms with E-state index in [-0.39, 0.29) is 0 Å². The first-order valence-corrected chi connectivity index (χ1v) is 9.17. The maximum Gasteiger partial charge on any atom is 0.157 e. The summed E-state index contributed by atoms with van der Waals surface area (Å²) in [5, 5.41) is 0. The monoisotopic (exact) mass is 296 g/mol. The third kappa shape index (κ3) is 3.00. The smallest absolute Gasteiger partial charge is 0.157 e. The van der Waals surface area contributed by atoms with Crippen LogP contribution in [0, 0.1) is 5.92 Å². The molecule has 0 N–H and O–H groups in total. The second kappa shape index (κ2) is 5.76. The van der Waals surface area contributed by atoms with Gasteiger partial charge in [-0.25, -0.2) is 8.42 Å². The van der Waals surface area contributed by atoms with E-state index in [2.05, 4.69) is 13.8 Å². The van der Waals surface area contributed by atoms with E-state index >= 15 is 0 Å². The van der Waals surface area contributed by atoms with E-state index in [1.54, 1.807) is 0 Å². The van der Waals surface area contributed by atoms with Crippen molar-refractivity contribution in [3.05, 3.63) is 29.8 Å². The van der Waals surface area contributed by atoms with Crippen molar-refractivity contribution >= 4 is 9.84 Å². The number of sulfone groups is 1. The summed E-state index contributed by atoms with van der Waals surface area (Å²) in [5.74, 6) is 1.44. The summed E-state index contributed by atoms with van der Waals surface area (Å²) in [5.41, 5.74) is 0.905. The molecular weight excluding hydrogens is 272 g/mol. The quantitative estimate of drug-likeness (QED) is 0.806. The molecule has 0 unspecified atom stereocenters. The summed E-state index contributed by atoms with van der Waals surface area (Å²) in [6.45, 7) is 5.03. The molecule has 1 aromatic carbocycles. The predicted octanol–water partition coefficient (Wildman–Crippen LogP) is 3.54. The van der Waals surface area contributed by atoms with Gasteiger partial charge in [0.25, 0.3) is 0 Å². The van der Waals surface area contributed by atoms with Crippen LogP contribution in [0.25, 0.3) is 0 Å². The normalized spacial score (nSPS) is 17.8. The highest BCUT2D eigenvalue weighted by atomic mass is 32.2. The molecule has 1 aliphatic rings. The van der Waals surface area contributed by atoms with Crippen molar-refractivity contribution < 1.29 is 13.2 Å². The van der Waals surface area contributed by atoms with E-state index in [0.717, 1.165) is 37.0 Å². The summed E-state index contributed by atoms with van der Waals surface area (Å²) < 4.78 is 29.1. The summed E-state index contributed by atoms with van der Waals surface area (Å²) in [6, 6.07) is 7.59. The lowest BCUT2D eigenvalue weighted by atomic mass is 9.79.